The maximum atomic E-state index is 12.2. The molecule has 0 radical (unpaired) electrons. The maximum Gasteiger partial charge on any atom is 0.168 e. The molecule has 0 heterocycles. The van der Waals surface area contributed by atoms with Gasteiger partial charge in [-0.2, -0.15) is 0 Å². The molecule has 0 spiro atoms. The van der Waals surface area contributed by atoms with Crippen LogP contribution in [-0.4, -0.2) is 5.78 Å². The number of carbonyl (C=O) groups is 1. The Morgan fingerprint density at radius 1 is 1.05 bits per heavy atom. The van der Waals surface area contributed by atoms with Gasteiger partial charge in [-0.3, -0.25) is 4.79 Å². The first kappa shape index (κ1) is 14.8. The summed E-state index contributed by atoms with van der Waals surface area (Å²) in [5.41, 5.74) is 4.45. The predicted molar refractivity (Wildman–Crippen MR) is 87.4 cm³/mol. The van der Waals surface area contributed by atoms with Crippen LogP contribution in [0.25, 0.3) is 0 Å². The van der Waals surface area contributed by atoms with Crippen molar-refractivity contribution in [3.63, 3.8) is 0 Å². The Morgan fingerprint density at radius 2 is 1.71 bits per heavy atom. The number of Topliss-reactive ketones (excluding diaryl/α,β-unsaturated/α-hetero) is 1. The van der Waals surface area contributed by atoms with Crippen LogP contribution in [0.15, 0.2) is 60.7 Å². The lowest BCUT2D eigenvalue weighted by molar-refractivity contribution is 0.0993. The molecular formula is C20H18O. The van der Waals surface area contributed by atoms with Crippen molar-refractivity contribution in [1.82, 2.24) is 0 Å². The maximum absolute atomic E-state index is 12.2. The van der Waals surface area contributed by atoms with Crippen molar-refractivity contribution < 1.29 is 4.79 Å². The third kappa shape index (κ3) is 4.19. The van der Waals surface area contributed by atoms with Crippen LogP contribution in [0.1, 0.15) is 40.4 Å². The van der Waals surface area contributed by atoms with E-state index in [1.165, 1.54) is 5.56 Å². The molecule has 0 unspecified atom stereocenters. The third-order valence-electron chi connectivity index (χ3n) is 3.08. The van der Waals surface area contributed by atoms with Gasteiger partial charge in [0.05, 0.1) is 0 Å². The zero-order chi connectivity index (χ0) is 15.2. The molecule has 0 atom stereocenters. The van der Waals surface area contributed by atoms with Crippen molar-refractivity contribution in [1.29, 1.82) is 0 Å². The molecule has 0 aliphatic carbocycles. The van der Waals surface area contributed by atoms with Gasteiger partial charge in [0.25, 0.3) is 0 Å². The molecule has 1 heteroatoms. The van der Waals surface area contributed by atoms with E-state index in [4.69, 9.17) is 0 Å². The summed E-state index contributed by atoms with van der Waals surface area (Å²) in [4.78, 5) is 12.2. The normalized spacial score (nSPS) is 9.62. The molecule has 0 N–H and O–H groups in total. The molecule has 104 valence electrons. The molecule has 2 aromatic rings. The number of rotatable bonds is 3. The number of allylic oxidation sites excluding steroid dienone is 1. The first-order chi connectivity index (χ1) is 10.1. The van der Waals surface area contributed by atoms with Crippen molar-refractivity contribution in [3.8, 4) is 11.8 Å². The van der Waals surface area contributed by atoms with E-state index in [1.807, 2.05) is 62.4 Å². The van der Waals surface area contributed by atoms with E-state index in [-0.39, 0.29) is 5.78 Å². The lowest BCUT2D eigenvalue weighted by Crippen LogP contribution is -2.02. The molecule has 0 saturated carbocycles. The van der Waals surface area contributed by atoms with Crippen LogP contribution in [-0.2, 0) is 0 Å². The van der Waals surface area contributed by atoms with Gasteiger partial charge in [0.2, 0.25) is 0 Å². The summed E-state index contributed by atoms with van der Waals surface area (Å²) < 4.78 is 0. The van der Waals surface area contributed by atoms with Crippen LogP contribution in [0, 0.1) is 18.8 Å². The standard InChI is InChI=1S/C20H18O/c1-15(2)14-20(21)19-7-5-4-6-18(19)13-12-17-10-8-16(3)9-11-17/h4-11H,1,14H2,2-3H3. The third-order valence-corrected chi connectivity index (χ3v) is 3.08. The molecular weight excluding hydrogens is 256 g/mol. The highest BCUT2D eigenvalue weighted by Crippen LogP contribution is 2.13. The summed E-state index contributed by atoms with van der Waals surface area (Å²) in [6.07, 6.45) is 0.364. The molecule has 0 bridgehead atoms. The van der Waals surface area contributed by atoms with Gasteiger partial charge in [-0.15, -0.1) is 0 Å². The van der Waals surface area contributed by atoms with Crippen molar-refractivity contribution >= 4 is 5.78 Å². The van der Waals surface area contributed by atoms with E-state index in [9.17, 15) is 4.79 Å². The molecule has 0 fully saturated rings. The number of carbonyl (C=O) groups excluding carboxylic acids is 1. The summed E-state index contributed by atoms with van der Waals surface area (Å²) in [7, 11) is 0. The SMILES string of the molecule is C=C(C)CC(=O)c1ccccc1C#Cc1ccc(C)cc1. The highest BCUT2D eigenvalue weighted by atomic mass is 16.1. The Hall–Kier alpha value is -2.59. The van der Waals surface area contributed by atoms with Crippen molar-refractivity contribution in [2.24, 2.45) is 0 Å². The highest BCUT2D eigenvalue weighted by Gasteiger charge is 2.09. The number of ketones is 1. The summed E-state index contributed by atoms with van der Waals surface area (Å²) in [5.74, 6) is 6.28. The number of hydrogen-bond acceptors (Lipinski definition) is 1. The van der Waals surface area contributed by atoms with Crippen LogP contribution in [0.2, 0.25) is 0 Å². The van der Waals surface area contributed by atoms with E-state index in [2.05, 4.69) is 18.4 Å². The summed E-state index contributed by atoms with van der Waals surface area (Å²) in [6, 6.07) is 15.5. The van der Waals surface area contributed by atoms with Crippen LogP contribution in [0.5, 0.6) is 0 Å². The highest BCUT2D eigenvalue weighted by molar-refractivity contribution is 5.99. The van der Waals surface area contributed by atoms with Gasteiger partial charge in [-0.25, -0.2) is 0 Å². The summed E-state index contributed by atoms with van der Waals surface area (Å²) in [6.45, 7) is 7.70. The van der Waals surface area contributed by atoms with Gasteiger partial charge >= 0.3 is 0 Å². The Balaban J connectivity index is 2.31. The first-order valence-electron chi connectivity index (χ1n) is 6.91. The topological polar surface area (TPSA) is 17.1 Å². The Labute approximate surface area is 126 Å². The number of aryl methyl sites for hydroxylation is 1. The van der Waals surface area contributed by atoms with Crippen molar-refractivity contribution in [3.05, 3.63) is 82.9 Å². The summed E-state index contributed by atoms with van der Waals surface area (Å²) in [5, 5.41) is 0. The molecule has 2 aromatic carbocycles. The minimum Gasteiger partial charge on any atom is -0.294 e. The molecule has 0 amide bonds. The average Bonchev–Trinajstić information content (AvgIpc) is 2.46. The van der Waals surface area contributed by atoms with Crippen molar-refractivity contribution in [2.45, 2.75) is 20.3 Å². The minimum atomic E-state index is 0.0660. The van der Waals surface area contributed by atoms with E-state index in [0.717, 1.165) is 16.7 Å². The molecule has 0 aliphatic rings. The van der Waals surface area contributed by atoms with Gasteiger partial charge in [-0.1, -0.05) is 59.9 Å². The van der Waals surface area contributed by atoms with E-state index < -0.39 is 0 Å². The smallest absolute Gasteiger partial charge is 0.168 e. The van der Waals surface area contributed by atoms with Gasteiger partial charge in [0.15, 0.2) is 5.78 Å². The Morgan fingerprint density at radius 3 is 2.38 bits per heavy atom. The Kier molecular flexibility index (Phi) is 4.74. The quantitative estimate of drug-likeness (QED) is 0.456. The second kappa shape index (κ2) is 6.72. The largest absolute Gasteiger partial charge is 0.294 e. The van der Waals surface area contributed by atoms with E-state index in [0.29, 0.717) is 12.0 Å². The lowest BCUT2D eigenvalue weighted by atomic mass is 9.99. The number of benzene rings is 2. The second-order valence-electron chi connectivity index (χ2n) is 5.22. The molecule has 0 aliphatic heterocycles. The molecule has 21 heavy (non-hydrogen) atoms. The zero-order valence-corrected chi connectivity index (χ0v) is 12.4. The fourth-order valence-electron chi connectivity index (χ4n) is 1.98. The van der Waals surface area contributed by atoms with Crippen LogP contribution in [0.3, 0.4) is 0 Å². The number of hydrogen-bond donors (Lipinski definition) is 0. The van der Waals surface area contributed by atoms with Gasteiger partial charge in [0.1, 0.15) is 0 Å². The van der Waals surface area contributed by atoms with Gasteiger partial charge in [-0.05, 0) is 32.0 Å². The Bertz CT molecular complexity index is 724. The zero-order valence-electron chi connectivity index (χ0n) is 12.4. The van der Waals surface area contributed by atoms with Crippen LogP contribution in [0.4, 0.5) is 0 Å². The van der Waals surface area contributed by atoms with Crippen LogP contribution >= 0.6 is 0 Å². The van der Waals surface area contributed by atoms with Crippen molar-refractivity contribution in [2.75, 3.05) is 0 Å². The fourth-order valence-corrected chi connectivity index (χ4v) is 1.98. The first-order valence-corrected chi connectivity index (χ1v) is 6.91. The van der Waals surface area contributed by atoms with Gasteiger partial charge < -0.3 is 0 Å². The molecule has 2 rings (SSSR count). The average molecular weight is 274 g/mol. The fraction of sp³-hybridized carbons (Fsp3) is 0.150. The van der Waals surface area contributed by atoms with E-state index in [1.54, 1.807) is 0 Å². The van der Waals surface area contributed by atoms with Gasteiger partial charge in [0, 0.05) is 23.1 Å². The molecule has 0 aromatic heterocycles. The van der Waals surface area contributed by atoms with E-state index >= 15 is 0 Å². The molecule has 1 nitrogen and oxygen atoms in total. The van der Waals surface area contributed by atoms with Crippen LogP contribution < -0.4 is 0 Å². The summed E-state index contributed by atoms with van der Waals surface area (Å²) >= 11 is 0. The monoisotopic (exact) mass is 274 g/mol. The predicted octanol–water partition coefficient (Wildman–Crippen LogP) is 4.54. The second-order valence-corrected chi connectivity index (χ2v) is 5.22. The molecule has 0 saturated heterocycles. The minimum absolute atomic E-state index is 0.0660. The lowest BCUT2D eigenvalue weighted by Gasteiger charge is -2.03.